The molecular formula is C22H35IN4O2S. The minimum Gasteiger partial charge on any atom is -0.497 e. The molecule has 0 saturated heterocycles. The topological polar surface area (TPSA) is 67.8 Å². The van der Waals surface area contributed by atoms with E-state index in [0.29, 0.717) is 13.1 Å². The predicted octanol–water partition coefficient (Wildman–Crippen LogP) is 4.73. The second kappa shape index (κ2) is 13.8. The van der Waals surface area contributed by atoms with Crippen molar-refractivity contribution in [3.05, 3.63) is 45.9 Å². The SMILES string of the molecule is CCOCCCNC(=NCc1ccc(OC)cc1)NCc1csc(C(C)(C)C)n1.I. The number of rotatable bonds is 10. The van der Waals surface area contributed by atoms with E-state index in [1.54, 1.807) is 18.4 Å². The maximum absolute atomic E-state index is 5.41. The first-order valence-corrected chi connectivity index (χ1v) is 11.0. The van der Waals surface area contributed by atoms with E-state index in [1.165, 1.54) is 0 Å². The molecule has 0 unspecified atom stereocenters. The second-order valence-electron chi connectivity index (χ2n) is 7.74. The van der Waals surface area contributed by atoms with Crippen LogP contribution in [0, 0.1) is 0 Å². The molecule has 0 bridgehead atoms. The number of hydrogen-bond donors (Lipinski definition) is 2. The van der Waals surface area contributed by atoms with Gasteiger partial charge in [-0.1, -0.05) is 32.9 Å². The number of hydrogen-bond acceptors (Lipinski definition) is 5. The second-order valence-corrected chi connectivity index (χ2v) is 8.60. The fourth-order valence-electron chi connectivity index (χ4n) is 2.51. The molecule has 8 heteroatoms. The average molecular weight is 547 g/mol. The monoisotopic (exact) mass is 546 g/mol. The molecule has 6 nitrogen and oxygen atoms in total. The summed E-state index contributed by atoms with van der Waals surface area (Å²) in [5.74, 6) is 1.63. The first kappa shape index (κ1) is 26.6. The van der Waals surface area contributed by atoms with Crippen molar-refractivity contribution in [1.82, 2.24) is 15.6 Å². The summed E-state index contributed by atoms with van der Waals surface area (Å²) in [5.41, 5.74) is 2.24. The number of ether oxygens (including phenoxy) is 2. The maximum atomic E-state index is 5.41. The van der Waals surface area contributed by atoms with Crippen LogP contribution in [0.1, 0.15) is 50.4 Å². The molecule has 2 aromatic rings. The van der Waals surface area contributed by atoms with Crippen LogP contribution >= 0.6 is 35.3 Å². The van der Waals surface area contributed by atoms with Gasteiger partial charge in [-0.15, -0.1) is 35.3 Å². The highest BCUT2D eigenvalue weighted by molar-refractivity contribution is 14.0. The number of thiazole rings is 1. The number of nitrogens with one attached hydrogen (secondary N) is 2. The van der Waals surface area contributed by atoms with Crippen molar-refractivity contribution < 1.29 is 9.47 Å². The van der Waals surface area contributed by atoms with Crippen LogP contribution in [-0.2, 0) is 23.2 Å². The smallest absolute Gasteiger partial charge is 0.191 e. The van der Waals surface area contributed by atoms with Gasteiger partial charge in [0.2, 0.25) is 0 Å². The Labute approximate surface area is 201 Å². The van der Waals surface area contributed by atoms with E-state index in [-0.39, 0.29) is 29.4 Å². The van der Waals surface area contributed by atoms with Crippen LogP contribution in [0.2, 0.25) is 0 Å². The van der Waals surface area contributed by atoms with Crippen molar-refractivity contribution in [3.8, 4) is 5.75 Å². The fraction of sp³-hybridized carbons (Fsp3) is 0.545. The van der Waals surface area contributed by atoms with E-state index >= 15 is 0 Å². The summed E-state index contributed by atoms with van der Waals surface area (Å²) >= 11 is 1.71. The molecule has 30 heavy (non-hydrogen) atoms. The van der Waals surface area contributed by atoms with Gasteiger partial charge >= 0.3 is 0 Å². The molecule has 0 aliphatic heterocycles. The minimum atomic E-state index is 0. The van der Waals surface area contributed by atoms with E-state index in [0.717, 1.165) is 54.2 Å². The van der Waals surface area contributed by atoms with E-state index in [4.69, 9.17) is 19.5 Å². The van der Waals surface area contributed by atoms with Crippen molar-refractivity contribution in [1.29, 1.82) is 0 Å². The predicted molar refractivity (Wildman–Crippen MR) is 136 cm³/mol. The summed E-state index contributed by atoms with van der Waals surface area (Å²) in [6.45, 7) is 12.1. The Balaban J connectivity index is 0.00000450. The lowest BCUT2D eigenvalue weighted by Gasteiger charge is -2.14. The number of aromatic nitrogens is 1. The van der Waals surface area contributed by atoms with Gasteiger partial charge < -0.3 is 20.1 Å². The molecule has 2 rings (SSSR count). The van der Waals surface area contributed by atoms with Gasteiger partial charge in [0.05, 0.1) is 30.9 Å². The lowest BCUT2D eigenvalue weighted by molar-refractivity contribution is 0.145. The first-order valence-electron chi connectivity index (χ1n) is 10.1. The Bertz CT molecular complexity index is 757. The highest BCUT2D eigenvalue weighted by Gasteiger charge is 2.17. The van der Waals surface area contributed by atoms with Crippen LogP contribution in [0.15, 0.2) is 34.6 Å². The maximum Gasteiger partial charge on any atom is 0.191 e. The quantitative estimate of drug-likeness (QED) is 0.195. The van der Waals surface area contributed by atoms with Crippen molar-refractivity contribution in [2.45, 2.75) is 52.6 Å². The molecule has 1 heterocycles. The van der Waals surface area contributed by atoms with Crippen LogP contribution in [0.5, 0.6) is 5.75 Å². The molecule has 0 aliphatic carbocycles. The third-order valence-electron chi connectivity index (χ3n) is 4.17. The zero-order chi connectivity index (χ0) is 21.1. The number of aliphatic imine (C=N–C) groups is 1. The highest BCUT2D eigenvalue weighted by atomic mass is 127. The first-order chi connectivity index (χ1) is 13.9. The van der Waals surface area contributed by atoms with Gasteiger partial charge in [0.25, 0.3) is 0 Å². The molecule has 0 amide bonds. The zero-order valence-electron chi connectivity index (χ0n) is 18.7. The molecule has 0 aliphatic rings. The lowest BCUT2D eigenvalue weighted by atomic mass is 9.98. The Morgan fingerprint density at radius 2 is 1.90 bits per heavy atom. The largest absolute Gasteiger partial charge is 0.497 e. The van der Waals surface area contributed by atoms with Gasteiger partial charge in [-0.2, -0.15) is 0 Å². The Morgan fingerprint density at radius 1 is 1.17 bits per heavy atom. The van der Waals surface area contributed by atoms with Gasteiger partial charge in [0.1, 0.15) is 5.75 Å². The molecular weight excluding hydrogens is 511 g/mol. The van der Waals surface area contributed by atoms with Crippen LogP contribution in [-0.4, -0.2) is 37.8 Å². The average Bonchev–Trinajstić information content (AvgIpc) is 3.19. The molecule has 0 spiro atoms. The van der Waals surface area contributed by atoms with Crippen LogP contribution in [0.25, 0.3) is 0 Å². The molecule has 1 aromatic carbocycles. The number of methoxy groups -OCH3 is 1. The van der Waals surface area contributed by atoms with Gasteiger partial charge in [-0.05, 0) is 31.0 Å². The summed E-state index contributed by atoms with van der Waals surface area (Å²) in [5, 5.41) is 10.1. The summed E-state index contributed by atoms with van der Waals surface area (Å²) in [4.78, 5) is 9.48. The normalized spacial score (nSPS) is 11.7. The summed E-state index contributed by atoms with van der Waals surface area (Å²) in [7, 11) is 1.67. The molecule has 168 valence electrons. The zero-order valence-corrected chi connectivity index (χ0v) is 21.8. The van der Waals surface area contributed by atoms with E-state index in [9.17, 15) is 0 Å². The van der Waals surface area contributed by atoms with Crippen molar-refractivity contribution in [3.63, 3.8) is 0 Å². The molecule has 0 atom stereocenters. The Hall–Kier alpha value is -1.39. The molecule has 0 fully saturated rings. The molecule has 2 N–H and O–H groups in total. The summed E-state index contributed by atoms with van der Waals surface area (Å²) in [6.07, 6.45) is 0.932. The third-order valence-corrected chi connectivity index (χ3v) is 5.49. The molecule has 1 aromatic heterocycles. The standard InChI is InChI=1S/C22H34N4O2S.HI/c1-6-28-13-7-12-23-21(24-14-17-8-10-19(27-5)11-9-17)25-15-18-16-29-20(26-18)22(2,3)4;/h8-11,16H,6-7,12-15H2,1-5H3,(H2,23,24,25);1H. The third kappa shape index (κ3) is 9.61. The van der Waals surface area contributed by atoms with Crippen molar-refractivity contribution in [2.75, 3.05) is 26.9 Å². The van der Waals surface area contributed by atoms with E-state index < -0.39 is 0 Å². The lowest BCUT2D eigenvalue weighted by Crippen LogP contribution is -2.38. The van der Waals surface area contributed by atoms with Gasteiger partial charge in [-0.25, -0.2) is 9.98 Å². The number of halogens is 1. The Kier molecular flexibility index (Phi) is 12.3. The van der Waals surface area contributed by atoms with Gasteiger partial charge in [0, 0.05) is 30.6 Å². The number of nitrogens with zero attached hydrogens (tertiary/aromatic N) is 2. The molecule has 0 radical (unpaired) electrons. The minimum absolute atomic E-state index is 0. The van der Waals surface area contributed by atoms with Crippen LogP contribution in [0.4, 0.5) is 0 Å². The van der Waals surface area contributed by atoms with Crippen molar-refractivity contribution >= 4 is 41.3 Å². The summed E-state index contributed by atoms with van der Waals surface area (Å²) in [6, 6.07) is 7.98. The highest BCUT2D eigenvalue weighted by Crippen LogP contribution is 2.25. The van der Waals surface area contributed by atoms with Gasteiger partial charge in [0.15, 0.2) is 5.96 Å². The number of benzene rings is 1. The van der Waals surface area contributed by atoms with Gasteiger partial charge in [-0.3, -0.25) is 0 Å². The number of guanidine groups is 1. The van der Waals surface area contributed by atoms with E-state index in [2.05, 4.69) is 36.8 Å². The van der Waals surface area contributed by atoms with Crippen LogP contribution in [0.3, 0.4) is 0 Å². The van der Waals surface area contributed by atoms with E-state index in [1.807, 2.05) is 31.2 Å². The Morgan fingerprint density at radius 3 is 2.50 bits per heavy atom. The summed E-state index contributed by atoms with van der Waals surface area (Å²) < 4.78 is 10.6. The van der Waals surface area contributed by atoms with Crippen LogP contribution < -0.4 is 15.4 Å². The van der Waals surface area contributed by atoms with Crippen molar-refractivity contribution in [2.24, 2.45) is 4.99 Å². The fourth-order valence-corrected chi connectivity index (χ4v) is 3.42. The molecule has 0 saturated carbocycles.